The van der Waals surface area contributed by atoms with Crippen molar-refractivity contribution in [2.45, 2.75) is 0 Å². The first-order valence-corrected chi connectivity index (χ1v) is 5.21. The molecule has 0 bridgehead atoms. The zero-order chi connectivity index (χ0) is 14.9. The minimum absolute atomic E-state index is 0.187. The summed E-state index contributed by atoms with van der Waals surface area (Å²) in [4.78, 5) is 45.7. The molecular formula is C11H6FN3O5. The van der Waals surface area contributed by atoms with Crippen LogP contribution in [-0.2, 0) is 0 Å². The number of nitro benzene ring substituents is 1. The number of hydrogen-bond donors (Lipinski definition) is 1. The van der Waals surface area contributed by atoms with Crippen molar-refractivity contribution >= 4 is 11.6 Å². The molecule has 9 heteroatoms. The van der Waals surface area contributed by atoms with E-state index in [4.69, 9.17) is 0 Å². The minimum atomic E-state index is -1.32. The summed E-state index contributed by atoms with van der Waals surface area (Å²) in [6.45, 7) is 0. The van der Waals surface area contributed by atoms with Crippen LogP contribution in [0.1, 0.15) is 10.4 Å². The van der Waals surface area contributed by atoms with Gasteiger partial charge in [0.2, 0.25) is 5.82 Å². The quantitative estimate of drug-likeness (QED) is 0.626. The predicted octanol–water partition coefficient (Wildman–Crippen LogP) is 0.272. The van der Waals surface area contributed by atoms with Crippen molar-refractivity contribution < 1.29 is 14.1 Å². The Hall–Kier alpha value is -3.10. The van der Waals surface area contributed by atoms with Crippen molar-refractivity contribution in [3.8, 4) is 0 Å². The van der Waals surface area contributed by atoms with Gasteiger partial charge in [-0.05, 0) is 6.07 Å². The molecule has 2 aromatic rings. The second-order valence-corrected chi connectivity index (χ2v) is 3.72. The Morgan fingerprint density at radius 2 is 2.05 bits per heavy atom. The highest BCUT2D eigenvalue weighted by molar-refractivity contribution is 5.96. The van der Waals surface area contributed by atoms with Gasteiger partial charge < -0.3 is 0 Å². The van der Waals surface area contributed by atoms with E-state index in [2.05, 4.69) is 0 Å². The summed E-state index contributed by atoms with van der Waals surface area (Å²) in [5, 5.41) is 10.6. The maximum absolute atomic E-state index is 13.1. The third kappa shape index (κ3) is 2.36. The number of carbonyl (C=O) groups excluding carboxylic acids is 1. The molecule has 0 amide bonds. The molecular weight excluding hydrogens is 273 g/mol. The first-order chi connectivity index (χ1) is 9.40. The fourth-order valence-corrected chi connectivity index (χ4v) is 1.49. The molecule has 8 nitrogen and oxygen atoms in total. The minimum Gasteiger partial charge on any atom is -0.271 e. The normalized spacial score (nSPS) is 10.2. The fraction of sp³-hybridized carbons (Fsp3) is 0. The molecule has 0 spiro atoms. The van der Waals surface area contributed by atoms with Gasteiger partial charge in [0, 0.05) is 17.7 Å². The van der Waals surface area contributed by atoms with E-state index in [0.717, 1.165) is 12.1 Å². The largest absolute Gasteiger partial charge is 0.335 e. The van der Waals surface area contributed by atoms with E-state index in [-0.39, 0.29) is 11.3 Å². The molecule has 0 aliphatic carbocycles. The zero-order valence-electron chi connectivity index (χ0n) is 9.70. The molecule has 0 fully saturated rings. The van der Waals surface area contributed by atoms with Crippen LogP contribution in [0.5, 0.6) is 0 Å². The van der Waals surface area contributed by atoms with Crippen LogP contribution >= 0.6 is 0 Å². The number of aromatic nitrogens is 2. The molecule has 0 aliphatic heterocycles. The van der Waals surface area contributed by atoms with E-state index >= 15 is 0 Å². The number of rotatable bonds is 2. The number of nitrogens with zero attached hydrogens (tertiary/aromatic N) is 2. The van der Waals surface area contributed by atoms with Gasteiger partial charge in [-0.1, -0.05) is 6.07 Å². The molecule has 1 heterocycles. The van der Waals surface area contributed by atoms with E-state index in [1.54, 1.807) is 4.98 Å². The number of H-pyrrole nitrogens is 1. The molecule has 102 valence electrons. The summed E-state index contributed by atoms with van der Waals surface area (Å²) in [6.07, 6.45) is 0.433. The van der Waals surface area contributed by atoms with Crippen LogP contribution in [0.25, 0.3) is 0 Å². The van der Waals surface area contributed by atoms with Gasteiger partial charge in [0.25, 0.3) is 17.2 Å². The highest BCUT2D eigenvalue weighted by atomic mass is 19.1. The van der Waals surface area contributed by atoms with Gasteiger partial charge in [0.15, 0.2) is 0 Å². The standard InChI is InChI=1S/C11H6FN3O5/c12-8-5-14(11(18)13-9(8)16)10(17)6-2-1-3-7(4-6)15(19)20/h1-5H,(H,13,16,18). The smallest absolute Gasteiger partial charge is 0.271 e. The lowest BCUT2D eigenvalue weighted by Crippen LogP contribution is -2.35. The Kier molecular flexibility index (Phi) is 3.25. The van der Waals surface area contributed by atoms with Gasteiger partial charge in [-0.15, -0.1) is 0 Å². The van der Waals surface area contributed by atoms with Crippen molar-refractivity contribution in [1.82, 2.24) is 9.55 Å². The molecule has 0 atom stereocenters. The molecule has 1 aromatic heterocycles. The van der Waals surface area contributed by atoms with Gasteiger partial charge >= 0.3 is 5.69 Å². The van der Waals surface area contributed by atoms with Gasteiger partial charge in [-0.25, -0.2) is 9.36 Å². The van der Waals surface area contributed by atoms with Gasteiger partial charge in [-0.3, -0.25) is 24.7 Å². The molecule has 0 saturated carbocycles. The molecule has 1 aromatic carbocycles. The second kappa shape index (κ2) is 4.88. The maximum atomic E-state index is 13.1. The van der Waals surface area contributed by atoms with Crippen LogP contribution in [0.2, 0.25) is 0 Å². The molecule has 20 heavy (non-hydrogen) atoms. The van der Waals surface area contributed by atoms with Crippen LogP contribution in [0.4, 0.5) is 10.1 Å². The maximum Gasteiger partial charge on any atom is 0.335 e. The lowest BCUT2D eigenvalue weighted by Gasteiger charge is -2.03. The van der Waals surface area contributed by atoms with Crippen molar-refractivity contribution in [1.29, 1.82) is 0 Å². The molecule has 1 N–H and O–H groups in total. The first-order valence-electron chi connectivity index (χ1n) is 5.21. The van der Waals surface area contributed by atoms with Crippen molar-refractivity contribution in [2.75, 3.05) is 0 Å². The number of non-ortho nitro benzene ring substituents is 1. The fourth-order valence-electron chi connectivity index (χ4n) is 1.49. The Morgan fingerprint density at radius 3 is 2.70 bits per heavy atom. The molecule has 0 saturated heterocycles. The number of nitrogens with one attached hydrogen (secondary N) is 1. The Labute approximate surface area is 109 Å². The van der Waals surface area contributed by atoms with E-state index in [1.807, 2.05) is 0 Å². The third-order valence-corrected chi connectivity index (χ3v) is 2.42. The number of nitro groups is 1. The lowest BCUT2D eigenvalue weighted by atomic mass is 10.2. The van der Waals surface area contributed by atoms with Crippen molar-refractivity contribution in [3.63, 3.8) is 0 Å². The van der Waals surface area contributed by atoms with E-state index in [9.17, 15) is 28.9 Å². The summed E-state index contributed by atoms with van der Waals surface area (Å²) >= 11 is 0. The van der Waals surface area contributed by atoms with Gasteiger partial charge in [-0.2, -0.15) is 4.39 Å². The molecule has 0 radical (unpaired) electrons. The Morgan fingerprint density at radius 1 is 1.35 bits per heavy atom. The van der Waals surface area contributed by atoms with Crippen LogP contribution in [0, 0.1) is 15.9 Å². The van der Waals surface area contributed by atoms with Crippen molar-refractivity contribution in [3.05, 3.63) is 72.8 Å². The Bertz CT molecular complexity index is 823. The third-order valence-electron chi connectivity index (χ3n) is 2.42. The Balaban J connectivity index is 2.55. The zero-order valence-corrected chi connectivity index (χ0v) is 9.70. The summed E-state index contributed by atoms with van der Waals surface area (Å²) in [5.74, 6) is -2.31. The highest BCUT2D eigenvalue weighted by Crippen LogP contribution is 2.13. The topological polar surface area (TPSA) is 115 Å². The molecule has 2 rings (SSSR count). The van der Waals surface area contributed by atoms with Gasteiger partial charge in [0.05, 0.1) is 11.1 Å². The summed E-state index contributed by atoms with van der Waals surface area (Å²) in [7, 11) is 0. The summed E-state index contributed by atoms with van der Waals surface area (Å²) in [6, 6.07) is 4.58. The first kappa shape index (κ1) is 13.3. The number of carbonyl (C=O) groups is 1. The van der Waals surface area contributed by atoms with Crippen LogP contribution < -0.4 is 11.2 Å². The van der Waals surface area contributed by atoms with Crippen LogP contribution in [0.3, 0.4) is 0 Å². The number of benzene rings is 1. The number of hydrogen-bond acceptors (Lipinski definition) is 5. The monoisotopic (exact) mass is 279 g/mol. The summed E-state index contributed by atoms with van der Waals surface area (Å²) < 4.78 is 13.4. The number of halogens is 1. The highest BCUT2D eigenvalue weighted by Gasteiger charge is 2.16. The molecule has 0 unspecified atom stereocenters. The van der Waals surface area contributed by atoms with Gasteiger partial charge in [0.1, 0.15) is 0 Å². The van der Waals surface area contributed by atoms with Crippen molar-refractivity contribution in [2.24, 2.45) is 0 Å². The van der Waals surface area contributed by atoms with Crippen LogP contribution in [-0.4, -0.2) is 20.4 Å². The van der Waals surface area contributed by atoms with E-state index < -0.39 is 27.9 Å². The number of aromatic amines is 1. The summed E-state index contributed by atoms with van der Waals surface area (Å²) in [5.41, 5.74) is -2.92. The SMILES string of the molecule is O=C(c1cccc([N+](=O)[O-])c1)n1cc(F)c(=O)[nH]c1=O. The van der Waals surface area contributed by atoms with Crippen LogP contribution in [0.15, 0.2) is 40.1 Å². The lowest BCUT2D eigenvalue weighted by molar-refractivity contribution is -0.384. The van der Waals surface area contributed by atoms with E-state index in [1.165, 1.54) is 12.1 Å². The predicted molar refractivity (Wildman–Crippen MR) is 64.1 cm³/mol. The average Bonchev–Trinajstić information content (AvgIpc) is 2.42. The average molecular weight is 279 g/mol. The van der Waals surface area contributed by atoms with E-state index in [0.29, 0.717) is 10.8 Å². The molecule has 0 aliphatic rings. The second-order valence-electron chi connectivity index (χ2n) is 3.72.